The number of benzene rings is 1. The van der Waals surface area contributed by atoms with Gasteiger partial charge in [0.1, 0.15) is 0 Å². The molecule has 1 heterocycles. The van der Waals surface area contributed by atoms with Gasteiger partial charge in [-0.05, 0) is 43.5 Å². The third kappa shape index (κ3) is 7.11. The van der Waals surface area contributed by atoms with Crippen LogP contribution in [-0.4, -0.2) is 41.0 Å². The second-order valence-electron chi connectivity index (χ2n) is 4.96. The van der Waals surface area contributed by atoms with Gasteiger partial charge in [0.15, 0.2) is 0 Å². The summed E-state index contributed by atoms with van der Waals surface area (Å²) in [5.41, 5.74) is 1.27. The fraction of sp³-hybridized carbons (Fsp3) is 0.500. The number of rotatable bonds is 2. The molecule has 0 amide bonds. The highest BCUT2D eigenvalue weighted by Crippen LogP contribution is 2.15. The van der Waals surface area contributed by atoms with Crippen LogP contribution in [0.2, 0.25) is 5.02 Å². The molecule has 1 aromatic carbocycles. The van der Waals surface area contributed by atoms with Crippen LogP contribution in [0.3, 0.4) is 0 Å². The van der Waals surface area contributed by atoms with Gasteiger partial charge in [-0.1, -0.05) is 23.7 Å². The van der Waals surface area contributed by atoms with E-state index in [1.165, 1.54) is 5.56 Å². The summed E-state index contributed by atoms with van der Waals surface area (Å²) in [5, 5.41) is 20.9. The summed E-state index contributed by atoms with van der Waals surface area (Å²) in [6.07, 6.45) is -2.53. The number of nitrogens with one attached hydrogen (secondary N) is 1. The SMILES string of the molecule is O=C(O)C(F)(F)F.O[C@@H]1CCN[C@@H](Cc2ccc(Cl)cc2)C1. The monoisotopic (exact) mass is 339 g/mol. The van der Waals surface area contributed by atoms with E-state index in [9.17, 15) is 18.3 Å². The van der Waals surface area contributed by atoms with Crippen molar-refractivity contribution in [3.8, 4) is 0 Å². The summed E-state index contributed by atoms with van der Waals surface area (Å²) in [5.74, 6) is -2.76. The molecule has 0 radical (unpaired) electrons. The van der Waals surface area contributed by atoms with Crippen molar-refractivity contribution in [2.45, 2.75) is 37.6 Å². The van der Waals surface area contributed by atoms with Gasteiger partial charge in [-0.3, -0.25) is 0 Å². The molecule has 2 rings (SSSR count). The maximum Gasteiger partial charge on any atom is 0.490 e. The van der Waals surface area contributed by atoms with E-state index in [1.54, 1.807) is 0 Å². The molecule has 2 atom stereocenters. The Bertz CT molecular complexity index is 479. The summed E-state index contributed by atoms with van der Waals surface area (Å²) >= 11 is 5.82. The number of hydrogen-bond donors (Lipinski definition) is 3. The van der Waals surface area contributed by atoms with Crippen molar-refractivity contribution < 1.29 is 28.2 Å². The third-order valence-electron chi connectivity index (χ3n) is 3.11. The second-order valence-corrected chi connectivity index (χ2v) is 5.40. The Kier molecular flexibility index (Phi) is 7.12. The second kappa shape index (κ2) is 8.36. The van der Waals surface area contributed by atoms with Crippen LogP contribution >= 0.6 is 11.6 Å². The molecule has 0 aliphatic carbocycles. The van der Waals surface area contributed by atoms with Crippen LogP contribution < -0.4 is 5.32 Å². The lowest BCUT2D eigenvalue weighted by molar-refractivity contribution is -0.192. The molecule has 0 spiro atoms. The molecule has 0 saturated carbocycles. The minimum atomic E-state index is -5.08. The lowest BCUT2D eigenvalue weighted by atomic mass is 9.96. The first kappa shape index (κ1) is 18.7. The van der Waals surface area contributed by atoms with E-state index in [-0.39, 0.29) is 6.10 Å². The average molecular weight is 340 g/mol. The van der Waals surface area contributed by atoms with Crippen molar-refractivity contribution in [1.82, 2.24) is 5.32 Å². The van der Waals surface area contributed by atoms with Crippen LogP contribution in [0.15, 0.2) is 24.3 Å². The minimum absolute atomic E-state index is 0.136. The number of carboxylic acid groups (broad SMARTS) is 1. The highest BCUT2D eigenvalue weighted by atomic mass is 35.5. The summed E-state index contributed by atoms with van der Waals surface area (Å²) in [7, 11) is 0. The molecular formula is C14H17ClF3NO3. The Morgan fingerprint density at radius 2 is 1.86 bits per heavy atom. The van der Waals surface area contributed by atoms with Crippen molar-refractivity contribution in [3.05, 3.63) is 34.9 Å². The van der Waals surface area contributed by atoms with E-state index >= 15 is 0 Å². The van der Waals surface area contributed by atoms with Crippen LogP contribution in [0.4, 0.5) is 13.2 Å². The van der Waals surface area contributed by atoms with Crippen molar-refractivity contribution in [2.24, 2.45) is 0 Å². The predicted octanol–water partition coefficient (Wildman–Crippen LogP) is 2.63. The predicted molar refractivity (Wildman–Crippen MR) is 75.9 cm³/mol. The normalized spacial score (nSPS) is 21.7. The van der Waals surface area contributed by atoms with Gasteiger partial charge >= 0.3 is 12.1 Å². The van der Waals surface area contributed by atoms with Gasteiger partial charge in [-0.2, -0.15) is 13.2 Å². The molecule has 22 heavy (non-hydrogen) atoms. The van der Waals surface area contributed by atoms with E-state index < -0.39 is 12.1 Å². The van der Waals surface area contributed by atoms with Gasteiger partial charge in [-0.25, -0.2) is 4.79 Å². The molecule has 0 unspecified atom stereocenters. The average Bonchev–Trinajstić information content (AvgIpc) is 2.41. The number of aliphatic hydroxyl groups is 1. The van der Waals surface area contributed by atoms with Gasteiger partial charge < -0.3 is 15.5 Å². The Hall–Kier alpha value is -1.31. The smallest absolute Gasteiger partial charge is 0.475 e. The molecule has 1 saturated heterocycles. The Morgan fingerprint density at radius 1 is 1.32 bits per heavy atom. The Morgan fingerprint density at radius 3 is 2.32 bits per heavy atom. The number of halogens is 4. The number of carbonyl (C=O) groups is 1. The molecule has 124 valence electrons. The van der Waals surface area contributed by atoms with E-state index in [0.717, 1.165) is 30.8 Å². The molecular weight excluding hydrogens is 323 g/mol. The van der Waals surface area contributed by atoms with Gasteiger partial charge in [0, 0.05) is 11.1 Å². The molecule has 1 aliphatic heterocycles. The topological polar surface area (TPSA) is 69.6 Å². The number of alkyl halides is 3. The zero-order valence-electron chi connectivity index (χ0n) is 11.6. The zero-order chi connectivity index (χ0) is 16.8. The van der Waals surface area contributed by atoms with E-state index in [4.69, 9.17) is 21.5 Å². The van der Waals surface area contributed by atoms with Crippen molar-refractivity contribution in [2.75, 3.05) is 6.54 Å². The first-order valence-corrected chi connectivity index (χ1v) is 7.02. The van der Waals surface area contributed by atoms with Crippen LogP contribution in [-0.2, 0) is 11.2 Å². The van der Waals surface area contributed by atoms with Crippen molar-refractivity contribution >= 4 is 17.6 Å². The highest BCUT2D eigenvalue weighted by Gasteiger charge is 2.38. The third-order valence-corrected chi connectivity index (χ3v) is 3.36. The summed E-state index contributed by atoms with van der Waals surface area (Å²) in [6.45, 7) is 0.916. The first-order valence-electron chi connectivity index (χ1n) is 6.64. The first-order chi connectivity index (χ1) is 10.2. The molecule has 1 aliphatic rings. The number of aliphatic carboxylic acids is 1. The maximum absolute atomic E-state index is 10.6. The van der Waals surface area contributed by atoms with Crippen LogP contribution in [0.25, 0.3) is 0 Å². The lowest BCUT2D eigenvalue weighted by Crippen LogP contribution is -2.41. The lowest BCUT2D eigenvalue weighted by Gasteiger charge is -2.27. The molecule has 8 heteroatoms. The van der Waals surface area contributed by atoms with Crippen LogP contribution in [0.1, 0.15) is 18.4 Å². The fourth-order valence-electron chi connectivity index (χ4n) is 2.04. The number of aliphatic hydroxyl groups excluding tert-OH is 1. The molecule has 3 N–H and O–H groups in total. The van der Waals surface area contributed by atoms with Gasteiger partial charge in [0.2, 0.25) is 0 Å². The van der Waals surface area contributed by atoms with E-state index in [2.05, 4.69) is 5.32 Å². The van der Waals surface area contributed by atoms with Crippen LogP contribution in [0.5, 0.6) is 0 Å². The molecule has 1 fully saturated rings. The fourth-order valence-corrected chi connectivity index (χ4v) is 2.17. The molecule has 0 aromatic heterocycles. The highest BCUT2D eigenvalue weighted by molar-refractivity contribution is 6.30. The summed E-state index contributed by atoms with van der Waals surface area (Å²) in [6, 6.07) is 8.32. The minimum Gasteiger partial charge on any atom is -0.475 e. The van der Waals surface area contributed by atoms with Gasteiger partial charge in [-0.15, -0.1) is 0 Å². The van der Waals surface area contributed by atoms with E-state index in [0.29, 0.717) is 6.04 Å². The molecule has 4 nitrogen and oxygen atoms in total. The van der Waals surface area contributed by atoms with Crippen LogP contribution in [0, 0.1) is 0 Å². The largest absolute Gasteiger partial charge is 0.490 e. The molecule has 0 bridgehead atoms. The summed E-state index contributed by atoms with van der Waals surface area (Å²) in [4.78, 5) is 8.90. The van der Waals surface area contributed by atoms with E-state index in [1.807, 2.05) is 24.3 Å². The quantitative estimate of drug-likeness (QED) is 0.774. The Balaban J connectivity index is 0.000000295. The number of hydrogen-bond acceptors (Lipinski definition) is 3. The number of carboxylic acids is 1. The maximum atomic E-state index is 10.6. The zero-order valence-corrected chi connectivity index (χ0v) is 12.4. The van der Waals surface area contributed by atoms with Crippen molar-refractivity contribution in [3.63, 3.8) is 0 Å². The van der Waals surface area contributed by atoms with Gasteiger partial charge in [0.25, 0.3) is 0 Å². The Labute approximate surface area is 130 Å². The standard InChI is InChI=1S/C12H16ClNO.C2HF3O2/c13-10-3-1-9(2-4-10)7-11-8-12(15)5-6-14-11;3-2(4,5)1(6)7/h1-4,11-12,14-15H,5-8H2;(H,6,7)/t11-,12+;/m0./s1. The summed E-state index contributed by atoms with van der Waals surface area (Å²) < 4.78 is 31.7. The van der Waals surface area contributed by atoms with Crippen molar-refractivity contribution in [1.29, 1.82) is 0 Å². The molecule has 1 aromatic rings. The van der Waals surface area contributed by atoms with Gasteiger partial charge in [0.05, 0.1) is 6.10 Å². The number of piperidine rings is 1.